The topological polar surface area (TPSA) is 84.7 Å². The van der Waals surface area contributed by atoms with Crippen molar-refractivity contribution < 1.29 is 17.5 Å². The molecule has 1 aromatic rings. The quantitative estimate of drug-likeness (QED) is 0.532. The summed E-state index contributed by atoms with van der Waals surface area (Å²) >= 11 is 0. The van der Waals surface area contributed by atoms with Crippen LogP contribution in [0.1, 0.15) is 0 Å². The second-order valence-corrected chi connectivity index (χ2v) is 6.18. The van der Waals surface area contributed by atoms with Gasteiger partial charge in [-0.25, -0.2) is 17.5 Å². The van der Waals surface area contributed by atoms with E-state index >= 15 is 0 Å². The van der Waals surface area contributed by atoms with Crippen LogP contribution >= 0.6 is 0 Å². The van der Waals surface area contributed by atoms with E-state index in [9.17, 15) is 12.8 Å². The Balaban J connectivity index is 2.50. The lowest BCUT2D eigenvalue weighted by Crippen LogP contribution is -2.29. The minimum atomic E-state index is -3.97. The molecule has 114 valence electrons. The number of nitrogen functional groups attached to an aromatic ring is 1. The molecule has 20 heavy (non-hydrogen) atoms. The van der Waals surface area contributed by atoms with Gasteiger partial charge in [0.15, 0.2) is 0 Å². The first-order chi connectivity index (χ1) is 9.34. The summed E-state index contributed by atoms with van der Waals surface area (Å²) in [7, 11) is -0.146. The highest BCUT2D eigenvalue weighted by molar-refractivity contribution is 7.89. The third kappa shape index (κ3) is 5.04. The predicted molar refractivity (Wildman–Crippen MR) is 75.4 cm³/mol. The van der Waals surface area contributed by atoms with E-state index in [0.717, 1.165) is 12.6 Å². The number of hydrogen-bond donors (Lipinski definition) is 2. The Labute approximate surface area is 118 Å². The molecular weight excluding hydrogens is 285 g/mol. The monoisotopic (exact) mass is 305 g/mol. The van der Waals surface area contributed by atoms with Crippen LogP contribution in [-0.2, 0) is 14.8 Å². The van der Waals surface area contributed by atoms with Crippen molar-refractivity contribution in [2.24, 2.45) is 0 Å². The van der Waals surface area contributed by atoms with Crippen LogP contribution in [0.25, 0.3) is 0 Å². The Morgan fingerprint density at radius 3 is 2.65 bits per heavy atom. The fourth-order valence-electron chi connectivity index (χ4n) is 1.48. The molecule has 0 saturated heterocycles. The standard InChI is InChI=1S/C12H20FN3O3S/c1-16(2)7-9-19-8-6-15-20(17,18)12-10(13)4-3-5-11(12)14/h3-5,15H,6-9,14H2,1-2H3. The molecular formula is C12H20FN3O3S. The molecule has 0 aliphatic carbocycles. The van der Waals surface area contributed by atoms with E-state index in [4.69, 9.17) is 10.5 Å². The number of nitrogens with two attached hydrogens (primary N) is 1. The number of hydrogen-bond acceptors (Lipinski definition) is 5. The average Bonchev–Trinajstić information content (AvgIpc) is 2.32. The van der Waals surface area contributed by atoms with Gasteiger partial charge in [0, 0.05) is 13.1 Å². The van der Waals surface area contributed by atoms with Gasteiger partial charge in [-0.2, -0.15) is 0 Å². The highest BCUT2D eigenvalue weighted by Crippen LogP contribution is 2.20. The van der Waals surface area contributed by atoms with Crippen molar-refractivity contribution in [3.05, 3.63) is 24.0 Å². The molecule has 0 fully saturated rings. The average molecular weight is 305 g/mol. The summed E-state index contributed by atoms with van der Waals surface area (Å²) in [4.78, 5) is 1.43. The molecule has 0 radical (unpaired) electrons. The summed E-state index contributed by atoms with van der Waals surface area (Å²) in [6, 6.07) is 3.75. The lowest BCUT2D eigenvalue weighted by molar-refractivity contribution is 0.122. The summed E-state index contributed by atoms with van der Waals surface area (Å²) < 4.78 is 44.9. The minimum Gasteiger partial charge on any atom is -0.398 e. The number of ether oxygens (including phenoxy) is 1. The number of benzene rings is 1. The number of rotatable bonds is 8. The Hall–Kier alpha value is -1.22. The predicted octanol–water partition coefficient (Wildman–Crippen LogP) is 0.264. The smallest absolute Gasteiger partial charge is 0.245 e. The molecule has 0 bridgehead atoms. The molecule has 0 atom stereocenters. The molecule has 1 aromatic carbocycles. The molecule has 6 nitrogen and oxygen atoms in total. The third-order valence-corrected chi connectivity index (χ3v) is 4.04. The number of anilines is 1. The Bertz CT molecular complexity index is 514. The van der Waals surface area contributed by atoms with Crippen LogP contribution in [0.2, 0.25) is 0 Å². The van der Waals surface area contributed by atoms with E-state index in [1.807, 2.05) is 19.0 Å². The zero-order valence-corrected chi connectivity index (χ0v) is 12.4. The largest absolute Gasteiger partial charge is 0.398 e. The van der Waals surface area contributed by atoms with Crippen molar-refractivity contribution in [2.75, 3.05) is 46.1 Å². The molecule has 0 saturated carbocycles. The van der Waals surface area contributed by atoms with Gasteiger partial charge >= 0.3 is 0 Å². The first kappa shape index (κ1) is 16.8. The summed E-state index contributed by atoms with van der Waals surface area (Å²) in [5.41, 5.74) is 5.38. The lowest BCUT2D eigenvalue weighted by atomic mass is 10.3. The van der Waals surface area contributed by atoms with E-state index in [1.54, 1.807) is 0 Å². The van der Waals surface area contributed by atoms with Gasteiger partial charge in [-0.05, 0) is 26.2 Å². The van der Waals surface area contributed by atoms with Crippen molar-refractivity contribution in [2.45, 2.75) is 4.90 Å². The van der Waals surface area contributed by atoms with Gasteiger partial charge in [0.05, 0.1) is 18.9 Å². The summed E-state index contributed by atoms with van der Waals surface area (Å²) in [6.07, 6.45) is 0. The molecule has 0 spiro atoms. The number of likely N-dealkylation sites (N-methyl/N-ethyl adjacent to an activating group) is 1. The third-order valence-electron chi connectivity index (χ3n) is 2.49. The fourth-order valence-corrected chi connectivity index (χ4v) is 2.68. The van der Waals surface area contributed by atoms with Crippen LogP contribution in [-0.4, -0.2) is 53.7 Å². The van der Waals surface area contributed by atoms with E-state index < -0.39 is 20.7 Å². The van der Waals surface area contributed by atoms with Gasteiger partial charge in [0.25, 0.3) is 0 Å². The van der Waals surface area contributed by atoms with Crippen LogP contribution in [0, 0.1) is 5.82 Å². The van der Waals surface area contributed by atoms with Crippen LogP contribution in [0.15, 0.2) is 23.1 Å². The number of nitrogens with one attached hydrogen (secondary N) is 1. The summed E-state index contributed by atoms with van der Waals surface area (Å²) in [5, 5.41) is 0. The molecule has 1 rings (SSSR count). The highest BCUT2D eigenvalue weighted by Gasteiger charge is 2.21. The van der Waals surface area contributed by atoms with Crippen molar-refractivity contribution in [3.63, 3.8) is 0 Å². The zero-order chi connectivity index (χ0) is 15.2. The van der Waals surface area contributed by atoms with Gasteiger partial charge in [-0.1, -0.05) is 6.07 Å². The van der Waals surface area contributed by atoms with Crippen LogP contribution in [0.4, 0.5) is 10.1 Å². The molecule has 0 unspecified atom stereocenters. The molecule has 0 aromatic heterocycles. The van der Waals surface area contributed by atoms with E-state index in [1.165, 1.54) is 12.1 Å². The minimum absolute atomic E-state index is 0.0591. The zero-order valence-electron chi connectivity index (χ0n) is 11.6. The Morgan fingerprint density at radius 2 is 2.05 bits per heavy atom. The van der Waals surface area contributed by atoms with Crippen molar-refractivity contribution in [1.82, 2.24) is 9.62 Å². The molecule has 0 amide bonds. The molecule has 3 N–H and O–H groups in total. The molecule has 0 aliphatic rings. The maximum absolute atomic E-state index is 13.5. The van der Waals surface area contributed by atoms with Gasteiger partial charge in [-0.15, -0.1) is 0 Å². The Morgan fingerprint density at radius 1 is 1.35 bits per heavy atom. The number of nitrogens with zero attached hydrogens (tertiary/aromatic N) is 1. The molecule has 0 heterocycles. The van der Waals surface area contributed by atoms with Crippen molar-refractivity contribution in [1.29, 1.82) is 0 Å². The van der Waals surface area contributed by atoms with Gasteiger partial charge < -0.3 is 15.4 Å². The van der Waals surface area contributed by atoms with E-state index in [-0.39, 0.29) is 18.8 Å². The molecule has 0 aliphatic heterocycles. The van der Waals surface area contributed by atoms with Crippen LogP contribution in [0.5, 0.6) is 0 Å². The number of sulfonamides is 1. The van der Waals surface area contributed by atoms with Gasteiger partial charge in [-0.3, -0.25) is 0 Å². The number of halogens is 1. The highest BCUT2D eigenvalue weighted by atomic mass is 32.2. The van der Waals surface area contributed by atoms with Crippen molar-refractivity contribution >= 4 is 15.7 Å². The second-order valence-electron chi connectivity index (χ2n) is 4.47. The Kier molecular flexibility index (Phi) is 6.34. The second kappa shape index (κ2) is 7.53. The SMILES string of the molecule is CN(C)CCOCCNS(=O)(=O)c1c(N)cccc1F. The van der Waals surface area contributed by atoms with Gasteiger partial charge in [0.1, 0.15) is 10.7 Å². The molecule has 8 heteroatoms. The summed E-state index contributed by atoms with van der Waals surface area (Å²) in [5.74, 6) is -0.869. The fraction of sp³-hybridized carbons (Fsp3) is 0.500. The van der Waals surface area contributed by atoms with E-state index in [2.05, 4.69) is 4.72 Å². The summed E-state index contributed by atoms with van der Waals surface area (Å²) in [6.45, 7) is 1.51. The van der Waals surface area contributed by atoms with E-state index in [0.29, 0.717) is 6.61 Å². The maximum atomic E-state index is 13.5. The normalized spacial score (nSPS) is 12.0. The van der Waals surface area contributed by atoms with Crippen LogP contribution < -0.4 is 10.5 Å². The maximum Gasteiger partial charge on any atom is 0.245 e. The van der Waals surface area contributed by atoms with Gasteiger partial charge in [0.2, 0.25) is 10.0 Å². The first-order valence-corrected chi connectivity index (χ1v) is 7.59. The van der Waals surface area contributed by atoms with Crippen LogP contribution in [0.3, 0.4) is 0 Å². The van der Waals surface area contributed by atoms with Crippen molar-refractivity contribution in [3.8, 4) is 0 Å². The lowest BCUT2D eigenvalue weighted by Gasteiger charge is -2.11. The first-order valence-electron chi connectivity index (χ1n) is 6.10.